The Morgan fingerprint density at radius 2 is 2.14 bits per heavy atom. The molecule has 1 aliphatic rings. The highest BCUT2D eigenvalue weighted by Crippen LogP contribution is 2.27. The monoisotopic (exact) mass is 303 g/mol. The molecule has 2 N–H and O–H groups in total. The third kappa shape index (κ3) is 4.62. The van der Waals surface area contributed by atoms with E-state index in [2.05, 4.69) is 10.6 Å². The first-order valence-corrected chi connectivity index (χ1v) is 7.68. The molecule has 1 fully saturated rings. The summed E-state index contributed by atoms with van der Waals surface area (Å²) in [6.07, 6.45) is 9.14. The maximum atomic E-state index is 12.2. The lowest BCUT2D eigenvalue weighted by Gasteiger charge is -2.26. The number of rotatable bonds is 6. The van der Waals surface area contributed by atoms with Gasteiger partial charge in [0.25, 0.3) is 5.91 Å². The van der Waals surface area contributed by atoms with Crippen LogP contribution in [-0.2, 0) is 4.79 Å². The van der Waals surface area contributed by atoms with Crippen LogP contribution in [-0.4, -0.2) is 24.4 Å². The van der Waals surface area contributed by atoms with Crippen molar-refractivity contribution in [2.24, 2.45) is 5.92 Å². The molecule has 6 nitrogen and oxygen atoms in total. The minimum atomic E-state index is -0.612. The smallest absolute Gasteiger partial charge is 0.255 e. The summed E-state index contributed by atoms with van der Waals surface area (Å²) in [6.45, 7) is -0.0540. The van der Waals surface area contributed by atoms with Gasteiger partial charge in [0.15, 0.2) is 0 Å². The molecule has 0 spiro atoms. The number of amides is 2. The van der Waals surface area contributed by atoms with Crippen molar-refractivity contribution in [1.82, 2.24) is 10.6 Å². The first-order valence-electron chi connectivity index (χ1n) is 7.68. The molecule has 118 valence electrons. The normalized spacial score (nSPS) is 16.5. The van der Waals surface area contributed by atoms with Crippen molar-refractivity contribution in [2.45, 2.75) is 44.6 Å². The highest BCUT2D eigenvalue weighted by atomic mass is 16.3. The van der Waals surface area contributed by atoms with Gasteiger partial charge in [-0.1, -0.05) is 32.1 Å². The molecule has 6 heteroatoms. The molecule has 0 aromatic carbocycles. The summed E-state index contributed by atoms with van der Waals surface area (Å²) < 4.78 is 4.89. The zero-order valence-electron chi connectivity index (χ0n) is 12.5. The van der Waals surface area contributed by atoms with E-state index in [0.717, 1.165) is 12.8 Å². The van der Waals surface area contributed by atoms with Crippen molar-refractivity contribution in [1.29, 1.82) is 5.26 Å². The molecule has 2 amide bonds. The van der Waals surface area contributed by atoms with E-state index in [-0.39, 0.29) is 18.4 Å². The Hall–Kier alpha value is -2.29. The number of nitrogens with one attached hydrogen (secondary N) is 2. The van der Waals surface area contributed by atoms with Crippen LogP contribution < -0.4 is 10.6 Å². The van der Waals surface area contributed by atoms with Crippen LogP contribution in [0, 0.1) is 17.2 Å². The molecule has 1 atom stereocenters. The molecule has 0 unspecified atom stereocenters. The van der Waals surface area contributed by atoms with Gasteiger partial charge < -0.3 is 15.1 Å². The Morgan fingerprint density at radius 3 is 2.77 bits per heavy atom. The largest absolute Gasteiger partial charge is 0.472 e. The van der Waals surface area contributed by atoms with Gasteiger partial charge in [0.05, 0.1) is 17.9 Å². The highest BCUT2D eigenvalue weighted by Gasteiger charge is 2.26. The fourth-order valence-corrected chi connectivity index (χ4v) is 2.87. The van der Waals surface area contributed by atoms with Crippen LogP contribution in [0.2, 0.25) is 0 Å². The van der Waals surface area contributed by atoms with Crippen molar-refractivity contribution in [2.75, 3.05) is 6.54 Å². The number of nitrogens with zero attached hydrogens (tertiary/aromatic N) is 1. The van der Waals surface area contributed by atoms with Crippen molar-refractivity contribution < 1.29 is 14.0 Å². The van der Waals surface area contributed by atoms with Gasteiger partial charge in [-0.05, 0) is 18.4 Å². The molecule has 0 bridgehead atoms. The Balaban J connectivity index is 1.98. The summed E-state index contributed by atoms with van der Waals surface area (Å²) in [5.41, 5.74) is 0.390. The quantitative estimate of drug-likeness (QED) is 0.786. The predicted molar refractivity (Wildman–Crippen MR) is 79.8 cm³/mol. The van der Waals surface area contributed by atoms with E-state index in [9.17, 15) is 9.59 Å². The third-order valence-corrected chi connectivity index (χ3v) is 4.04. The molecule has 0 saturated heterocycles. The van der Waals surface area contributed by atoms with Gasteiger partial charge in [-0.25, -0.2) is 0 Å². The third-order valence-electron chi connectivity index (χ3n) is 4.04. The van der Waals surface area contributed by atoms with E-state index in [0.29, 0.717) is 17.9 Å². The predicted octanol–water partition coefficient (Wildman–Crippen LogP) is 1.99. The summed E-state index contributed by atoms with van der Waals surface area (Å²) in [7, 11) is 0. The molecule has 0 radical (unpaired) electrons. The number of nitriles is 1. The number of carbonyl (C=O) groups excluding carboxylic acids is 2. The molecule has 22 heavy (non-hydrogen) atoms. The van der Waals surface area contributed by atoms with E-state index < -0.39 is 6.04 Å². The zero-order valence-corrected chi connectivity index (χ0v) is 12.5. The van der Waals surface area contributed by atoms with E-state index in [1.54, 1.807) is 6.07 Å². The Labute approximate surface area is 129 Å². The van der Waals surface area contributed by atoms with Crippen molar-refractivity contribution >= 4 is 11.8 Å². The number of furan rings is 1. The molecular formula is C16H21N3O3. The summed E-state index contributed by atoms with van der Waals surface area (Å²) in [5.74, 6) is -0.193. The van der Waals surface area contributed by atoms with Gasteiger partial charge in [0.1, 0.15) is 18.8 Å². The molecule has 1 aliphatic carbocycles. The van der Waals surface area contributed by atoms with Crippen molar-refractivity contribution in [3.8, 4) is 6.07 Å². The second-order valence-corrected chi connectivity index (χ2v) is 5.65. The van der Waals surface area contributed by atoms with Crippen LogP contribution in [0.5, 0.6) is 0 Å². The van der Waals surface area contributed by atoms with Crippen molar-refractivity contribution in [3.05, 3.63) is 24.2 Å². The van der Waals surface area contributed by atoms with Crippen LogP contribution in [0.1, 0.15) is 48.9 Å². The summed E-state index contributed by atoms with van der Waals surface area (Å²) >= 11 is 0. The van der Waals surface area contributed by atoms with Gasteiger partial charge in [-0.15, -0.1) is 0 Å². The molecule has 1 aromatic rings. The summed E-state index contributed by atoms with van der Waals surface area (Å²) in [4.78, 5) is 24.3. The molecule has 1 heterocycles. The van der Waals surface area contributed by atoms with E-state index in [1.165, 1.54) is 31.8 Å². The SMILES string of the molecule is N#CCNC(=O)[C@H](CC1CCCCC1)NC(=O)c1ccoc1. The average molecular weight is 303 g/mol. The van der Waals surface area contributed by atoms with E-state index >= 15 is 0 Å². The second-order valence-electron chi connectivity index (χ2n) is 5.65. The Bertz CT molecular complexity index is 527. The fourth-order valence-electron chi connectivity index (χ4n) is 2.87. The lowest BCUT2D eigenvalue weighted by molar-refractivity contribution is -0.123. The van der Waals surface area contributed by atoms with Crippen molar-refractivity contribution in [3.63, 3.8) is 0 Å². The molecule has 1 aromatic heterocycles. The van der Waals surface area contributed by atoms with Gasteiger partial charge >= 0.3 is 0 Å². The van der Waals surface area contributed by atoms with Crippen LogP contribution in [0.4, 0.5) is 0 Å². The Morgan fingerprint density at radius 1 is 1.36 bits per heavy atom. The second kappa shape index (κ2) is 8.23. The minimum Gasteiger partial charge on any atom is -0.472 e. The summed E-state index contributed by atoms with van der Waals surface area (Å²) in [5, 5.41) is 13.9. The fraction of sp³-hybridized carbons (Fsp3) is 0.562. The highest BCUT2D eigenvalue weighted by molar-refractivity contribution is 5.97. The maximum Gasteiger partial charge on any atom is 0.255 e. The first-order chi connectivity index (χ1) is 10.7. The van der Waals surface area contributed by atoms with Crippen LogP contribution in [0.15, 0.2) is 23.0 Å². The lowest BCUT2D eigenvalue weighted by atomic mass is 9.84. The molecule has 1 saturated carbocycles. The standard InChI is InChI=1S/C16H21N3O3/c17-7-8-18-16(21)14(10-12-4-2-1-3-5-12)19-15(20)13-6-9-22-11-13/h6,9,11-12,14H,1-5,8,10H2,(H,18,21)(H,19,20)/t14-/m0/s1. The first kappa shape index (κ1) is 16.1. The molecule has 0 aliphatic heterocycles. The Kier molecular flexibility index (Phi) is 6.01. The lowest BCUT2D eigenvalue weighted by Crippen LogP contribution is -2.47. The summed E-state index contributed by atoms with van der Waals surface area (Å²) in [6, 6.07) is 2.82. The van der Waals surface area contributed by atoms with Crippen LogP contribution in [0.3, 0.4) is 0 Å². The number of hydrogen-bond donors (Lipinski definition) is 2. The topological polar surface area (TPSA) is 95.1 Å². The van der Waals surface area contributed by atoms with Gasteiger partial charge in [-0.3, -0.25) is 9.59 Å². The molecule has 2 rings (SSSR count). The van der Waals surface area contributed by atoms with Crippen LogP contribution >= 0.6 is 0 Å². The number of hydrogen-bond acceptors (Lipinski definition) is 4. The van der Waals surface area contributed by atoms with Gasteiger partial charge in [-0.2, -0.15) is 5.26 Å². The number of carbonyl (C=O) groups is 2. The minimum absolute atomic E-state index is 0.0540. The maximum absolute atomic E-state index is 12.2. The van der Waals surface area contributed by atoms with E-state index in [1.807, 2.05) is 6.07 Å². The average Bonchev–Trinajstić information content (AvgIpc) is 3.07. The van der Waals surface area contributed by atoms with Gasteiger partial charge in [0, 0.05) is 0 Å². The van der Waals surface area contributed by atoms with Gasteiger partial charge in [0.2, 0.25) is 5.91 Å². The van der Waals surface area contributed by atoms with E-state index in [4.69, 9.17) is 9.68 Å². The zero-order chi connectivity index (χ0) is 15.8. The molecular weight excluding hydrogens is 282 g/mol. The van der Waals surface area contributed by atoms with Crippen LogP contribution in [0.25, 0.3) is 0 Å².